The summed E-state index contributed by atoms with van der Waals surface area (Å²) in [5.74, 6) is -0.849. The Morgan fingerprint density at radius 2 is 2.33 bits per heavy atom. The van der Waals surface area contributed by atoms with Crippen LogP contribution in [0, 0.1) is 0 Å². The molecule has 0 rings (SSSR count). The Morgan fingerprint density at radius 3 is 2.67 bits per heavy atom. The third-order valence-corrected chi connectivity index (χ3v) is 1.20. The van der Waals surface area contributed by atoms with Gasteiger partial charge >= 0.3 is 0 Å². The van der Waals surface area contributed by atoms with Gasteiger partial charge in [0.25, 0.3) is 0 Å². The molecule has 0 amide bonds. The molecule has 0 atom stereocenters. The fraction of sp³-hybridized carbons (Fsp3) is 0.500. The lowest BCUT2D eigenvalue weighted by atomic mass is 10.3. The molecule has 0 aliphatic rings. The van der Waals surface area contributed by atoms with Gasteiger partial charge in [-0.3, -0.25) is 4.79 Å². The summed E-state index contributed by atoms with van der Waals surface area (Å²) in [6.07, 6.45) is 1.31. The van der Waals surface area contributed by atoms with Gasteiger partial charge in [-0.2, -0.15) is 0 Å². The molecule has 0 bridgehead atoms. The van der Waals surface area contributed by atoms with Gasteiger partial charge in [0.05, 0.1) is 5.03 Å². The van der Waals surface area contributed by atoms with Gasteiger partial charge < -0.3 is 0 Å². The van der Waals surface area contributed by atoms with Crippen molar-refractivity contribution in [2.24, 2.45) is 0 Å². The fourth-order valence-corrected chi connectivity index (χ4v) is 0.636. The van der Waals surface area contributed by atoms with Gasteiger partial charge in [-0.25, -0.2) is 4.39 Å². The van der Waals surface area contributed by atoms with E-state index in [9.17, 15) is 9.18 Å². The average Bonchev–Trinajstić information content (AvgIpc) is 1.87. The highest BCUT2D eigenvalue weighted by molar-refractivity contribution is 6.30. The zero-order valence-corrected chi connectivity index (χ0v) is 5.91. The second-order valence-electron chi connectivity index (χ2n) is 1.62. The lowest BCUT2D eigenvalue weighted by Gasteiger charge is -1.91. The molecule has 1 nitrogen and oxygen atoms in total. The summed E-state index contributed by atoms with van der Waals surface area (Å²) in [7, 11) is 0. The van der Waals surface area contributed by atoms with E-state index in [-0.39, 0.29) is 11.3 Å². The van der Waals surface area contributed by atoms with Crippen LogP contribution in [-0.4, -0.2) is 6.29 Å². The average molecular weight is 151 g/mol. The van der Waals surface area contributed by atoms with Crippen molar-refractivity contribution in [3.63, 3.8) is 0 Å². The SMILES string of the molecule is CCCC(Cl)=C(F)C=O. The van der Waals surface area contributed by atoms with Crippen molar-refractivity contribution in [1.29, 1.82) is 0 Å². The van der Waals surface area contributed by atoms with Gasteiger partial charge in [0.15, 0.2) is 12.1 Å². The van der Waals surface area contributed by atoms with Crippen molar-refractivity contribution in [1.82, 2.24) is 0 Å². The van der Waals surface area contributed by atoms with E-state index in [0.29, 0.717) is 6.42 Å². The van der Waals surface area contributed by atoms with Crippen molar-refractivity contribution in [2.75, 3.05) is 0 Å². The molecule has 0 unspecified atom stereocenters. The minimum atomic E-state index is -0.849. The maximum atomic E-state index is 12.1. The molecule has 0 radical (unpaired) electrons. The third kappa shape index (κ3) is 3.25. The van der Waals surface area contributed by atoms with Crippen LogP contribution in [0.5, 0.6) is 0 Å². The van der Waals surface area contributed by atoms with Gasteiger partial charge in [0, 0.05) is 0 Å². The maximum absolute atomic E-state index is 12.1. The van der Waals surface area contributed by atoms with Crippen LogP contribution in [0.4, 0.5) is 4.39 Å². The standard InChI is InChI=1S/C6H8ClFO/c1-2-3-5(7)6(8)4-9/h4H,2-3H2,1H3. The second-order valence-corrected chi connectivity index (χ2v) is 2.08. The predicted octanol–water partition coefficient (Wildman–Crippen LogP) is 2.41. The van der Waals surface area contributed by atoms with Gasteiger partial charge in [-0.15, -0.1) is 0 Å². The largest absolute Gasteiger partial charge is 0.295 e. The van der Waals surface area contributed by atoms with Crippen LogP contribution < -0.4 is 0 Å². The predicted molar refractivity (Wildman–Crippen MR) is 35.0 cm³/mol. The Bertz CT molecular complexity index is 131. The topological polar surface area (TPSA) is 17.1 Å². The first-order valence-electron chi connectivity index (χ1n) is 2.71. The van der Waals surface area contributed by atoms with Gasteiger partial charge in [-0.05, 0) is 6.42 Å². The fourth-order valence-electron chi connectivity index (χ4n) is 0.403. The Hall–Kier alpha value is -0.370. The van der Waals surface area contributed by atoms with E-state index in [1.807, 2.05) is 6.92 Å². The molecule has 3 heteroatoms. The summed E-state index contributed by atoms with van der Waals surface area (Å²) in [5.41, 5.74) is 0. The molecule has 0 N–H and O–H groups in total. The van der Waals surface area contributed by atoms with Crippen molar-refractivity contribution >= 4 is 17.9 Å². The van der Waals surface area contributed by atoms with E-state index in [1.165, 1.54) is 0 Å². The first kappa shape index (κ1) is 8.63. The lowest BCUT2D eigenvalue weighted by Crippen LogP contribution is -1.79. The highest BCUT2D eigenvalue weighted by Gasteiger charge is 1.99. The molecule has 0 heterocycles. The monoisotopic (exact) mass is 150 g/mol. The van der Waals surface area contributed by atoms with Crippen LogP contribution in [0.1, 0.15) is 19.8 Å². The van der Waals surface area contributed by atoms with Gasteiger partial charge in [0.1, 0.15) is 0 Å². The first-order valence-corrected chi connectivity index (χ1v) is 3.09. The summed E-state index contributed by atoms with van der Waals surface area (Å²) in [6, 6.07) is 0. The van der Waals surface area contributed by atoms with E-state index in [4.69, 9.17) is 11.6 Å². The summed E-state index contributed by atoms with van der Waals surface area (Å²) in [6.45, 7) is 1.86. The molecule has 0 spiro atoms. The Balaban J connectivity index is 3.93. The third-order valence-electron chi connectivity index (χ3n) is 0.832. The second kappa shape index (κ2) is 4.50. The maximum Gasteiger partial charge on any atom is 0.179 e. The summed E-state index contributed by atoms with van der Waals surface area (Å²) in [5, 5.41) is 0.0208. The van der Waals surface area contributed by atoms with Crippen molar-refractivity contribution in [3.8, 4) is 0 Å². The van der Waals surface area contributed by atoms with Crippen LogP contribution in [0.3, 0.4) is 0 Å². The number of hydrogen-bond donors (Lipinski definition) is 0. The number of halogens is 2. The molecule has 0 fully saturated rings. The van der Waals surface area contributed by atoms with Crippen molar-refractivity contribution < 1.29 is 9.18 Å². The number of carbonyl (C=O) groups is 1. The molecule has 0 aliphatic carbocycles. The molecular weight excluding hydrogens is 143 g/mol. The number of allylic oxidation sites excluding steroid dienone is 2. The van der Waals surface area contributed by atoms with E-state index in [0.717, 1.165) is 6.42 Å². The summed E-state index contributed by atoms with van der Waals surface area (Å²) in [4.78, 5) is 9.70. The van der Waals surface area contributed by atoms with Crippen LogP contribution in [0.2, 0.25) is 0 Å². The summed E-state index contributed by atoms with van der Waals surface area (Å²) >= 11 is 5.30. The zero-order valence-electron chi connectivity index (χ0n) is 5.16. The Labute approximate surface area is 58.5 Å². The summed E-state index contributed by atoms with van der Waals surface area (Å²) < 4.78 is 12.1. The minimum absolute atomic E-state index is 0.0208. The van der Waals surface area contributed by atoms with Crippen molar-refractivity contribution in [2.45, 2.75) is 19.8 Å². The minimum Gasteiger partial charge on any atom is -0.295 e. The molecule has 0 saturated carbocycles. The van der Waals surface area contributed by atoms with E-state index in [1.54, 1.807) is 0 Å². The molecule has 0 saturated heterocycles. The van der Waals surface area contributed by atoms with Crippen LogP contribution >= 0.6 is 11.6 Å². The molecule has 0 aromatic heterocycles. The van der Waals surface area contributed by atoms with Crippen molar-refractivity contribution in [3.05, 3.63) is 10.9 Å². The molecule has 52 valence electrons. The highest BCUT2D eigenvalue weighted by atomic mass is 35.5. The van der Waals surface area contributed by atoms with E-state index >= 15 is 0 Å². The molecular formula is C6H8ClFO. The highest BCUT2D eigenvalue weighted by Crippen LogP contribution is 2.14. The number of hydrogen-bond acceptors (Lipinski definition) is 1. The molecule has 9 heavy (non-hydrogen) atoms. The normalized spacial score (nSPS) is 12.8. The van der Waals surface area contributed by atoms with Gasteiger partial charge in [-0.1, -0.05) is 24.9 Å². The smallest absolute Gasteiger partial charge is 0.179 e. The number of rotatable bonds is 3. The van der Waals surface area contributed by atoms with Gasteiger partial charge in [0.2, 0.25) is 0 Å². The first-order chi connectivity index (χ1) is 4.22. The van der Waals surface area contributed by atoms with E-state index < -0.39 is 5.83 Å². The Kier molecular flexibility index (Phi) is 4.32. The number of carbonyl (C=O) groups excluding carboxylic acids is 1. The van der Waals surface area contributed by atoms with Crippen LogP contribution in [-0.2, 0) is 4.79 Å². The van der Waals surface area contributed by atoms with E-state index in [2.05, 4.69) is 0 Å². The van der Waals surface area contributed by atoms with Crippen LogP contribution in [0.15, 0.2) is 10.9 Å². The zero-order chi connectivity index (χ0) is 7.28. The molecule has 0 aromatic rings. The number of aldehydes is 1. The molecule has 0 aromatic carbocycles. The van der Waals surface area contributed by atoms with Crippen LogP contribution in [0.25, 0.3) is 0 Å². The lowest BCUT2D eigenvalue weighted by molar-refractivity contribution is -0.106. The molecule has 0 aliphatic heterocycles. The Morgan fingerprint density at radius 1 is 1.78 bits per heavy atom. The quantitative estimate of drug-likeness (QED) is 0.446.